The van der Waals surface area contributed by atoms with E-state index in [1.165, 1.54) is 0 Å². The fourth-order valence-corrected chi connectivity index (χ4v) is 2.40. The number of rotatable bonds is 3. The molecule has 0 amide bonds. The van der Waals surface area contributed by atoms with E-state index in [9.17, 15) is 4.39 Å². The van der Waals surface area contributed by atoms with Crippen LogP contribution in [0.5, 0.6) is 5.75 Å². The first-order valence-electron chi connectivity index (χ1n) is 5.38. The van der Waals surface area contributed by atoms with Crippen LogP contribution in [0.3, 0.4) is 0 Å². The molecular formula is C12H15BrFNO. The van der Waals surface area contributed by atoms with Crippen molar-refractivity contribution in [1.82, 2.24) is 4.90 Å². The lowest BCUT2D eigenvalue weighted by Gasteiger charge is -2.15. The van der Waals surface area contributed by atoms with Crippen LogP contribution in [0.1, 0.15) is 12.0 Å². The lowest BCUT2D eigenvalue weighted by molar-refractivity contribution is 0.282. The van der Waals surface area contributed by atoms with E-state index in [0.29, 0.717) is 13.0 Å². The highest BCUT2D eigenvalue weighted by molar-refractivity contribution is 9.10. The number of ether oxygens (including phenoxy) is 1. The summed E-state index contributed by atoms with van der Waals surface area (Å²) in [7, 11) is 1.65. The van der Waals surface area contributed by atoms with Crippen molar-refractivity contribution in [1.29, 1.82) is 0 Å². The minimum absolute atomic E-state index is 0.554. The first-order valence-corrected chi connectivity index (χ1v) is 6.17. The van der Waals surface area contributed by atoms with Crippen LogP contribution in [-0.4, -0.2) is 31.3 Å². The second-order valence-electron chi connectivity index (χ2n) is 4.09. The Bertz CT molecular complexity index is 372. The number of likely N-dealkylation sites (tertiary alicyclic amines) is 1. The van der Waals surface area contributed by atoms with Crippen molar-refractivity contribution in [2.45, 2.75) is 19.1 Å². The zero-order valence-corrected chi connectivity index (χ0v) is 10.8. The lowest BCUT2D eigenvalue weighted by Crippen LogP contribution is -2.20. The van der Waals surface area contributed by atoms with Gasteiger partial charge in [0.2, 0.25) is 0 Å². The van der Waals surface area contributed by atoms with Gasteiger partial charge in [-0.25, -0.2) is 4.39 Å². The third-order valence-electron chi connectivity index (χ3n) is 2.84. The predicted octanol–water partition coefficient (Wildman–Crippen LogP) is 3.00. The maximum absolute atomic E-state index is 13.0. The Kier molecular flexibility index (Phi) is 3.82. The van der Waals surface area contributed by atoms with E-state index in [2.05, 4.69) is 20.8 Å². The van der Waals surface area contributed by atoms with E-state index < -0.39 is 6.17 Å². The summed E-state index contributed by atoms with van der Waals surface area (Å²) in [5.41, 5.74) is 1.16. The van der Waals surface area contributed by atoms with Crippen LogP contribution < -0.4 is 4.74 Å². The van der Waals surface area contributed by atoms with E-state index in [1.54, 1.807) is 7.11 Å². The van der Waals surface area contributed by atoms with Crippen LogP contribution in [-0.2, 0) is 6.54 Å². The number of hydrogen-bond acceptors (Lipinski definition) is 2. The van der Waals surface area contributed by atoms with Crippen molar-refractivity contribution in [3.63, 3.8) is 0 Å². The van der Waals surface area contributed by atoms with Crippen molar-refractivity contribution in [3.05, 3.63) is 28.2 Å². The van der Waals surface area contributed by atoms with Crippen molar-refractivity contribution >= 4 is 15.9 Å². The summed E-state index contributed by atoms with van der Waals surface area (Å²) < 4.78 is 19.2. The molecule has 1 atom stereocenters. The summed E-state index contributed by atoms with van der Waals surface area (Å²) in [5.74, 6) is 0.827. The molecule has 0 N–H and O–H groups in total. The highest BCUT2D eigenvalue weighted by Gasteiger charge is 2.21. The molecule has 1 unspecified atom stereocenters. The number of benzene rings is 1. The standard InChI is InChI=1S/C12H15BrFNO/c1-16-12-6-9(2-3-11(12)13)7-15-5-4-10(14)8-15/h2-3,6,10H,4-5,7-8H2,1H3. The molecule has 0 bridgehead atoms. The highest BCUT2D eigenvalue weighted by atomic mass is 79.9. The molecule has 0 aliphatic carbocycles. The first kappa shape index (κ1) is 11.9. The Morgan fingerprint density at radius 3 is 3.00 bits per heavy atom. The van der Waals surface area contributed by atoms with Gasteiger partial charge < -0.3 is 4.74 Å². The van der Waals surface area contributed by atoms with Crippen molar-refractivity contribution < 1.29 is 9.13 Å². The molecule has 0 radical (unpaired) electrons. The normalized spacial score (nSPS) is 21.3. The summed E-state index contributed by atoms with van der Waals surface area (Å²) >= 11 is 3.41. The topological polar surface area (TPSA) is 12.5 Å². The number of methoxy groups -OCH3 is 1. The molecule has 2 nitrogen and oxygen atoms in total. The summed E-state index contributed by atoms with van der Waals surface area (Å²) in [4.78, 5) is 2.13. The SMILES string of the molecule is COc1cc(CN2CCC(F)C2)ccc1Br. The van der Waals surface area contributed by atoms with Crippen LogP contribution in [0.25, 0.3) is 0 Å². The average Bonchev–Trinajstić information content (AvgIpc) is 2.67. The van der Waals surface area contributed by atoms with E-state index in [-0.39, 0.29) is 0 Å². The minimum Gasteiger partial charge on any atom is -0.496 e. The quantitative estimate of drug-likeness (QED) is 0.847. The fraction of sp³-hybridized carbons (Fsp3) is 0.500. The van der Waals surface area contributed by atoms with Gasteiger partial charge in [-0.15, -0.1) is 0 Å². The largest absolute Gasteiger partial charge is 0.496 e. The maximum Gasteiger partial charge on any atom is 0.133 e. The molecule has 1 aromatic carbocycles. The van der Waals surface area contributed by atoms with Crippen LogP contribution in [0.2, 0.25) is 0 Å². The Hall–Kier alpha value is -0.610. The van der Waals surface area contributed by atoms with Crippen LogP contribution in [0.4, 0.5) is 4.39 Å². The molecule has 16 heavy (non-hydrogen) atoms. The summed E-state index contributed by atoms with van der Waals surface area (Å²) in [6, 6.07) is 6.00. The number of alkyl halides is 1. The monoisotopic (exact) mass is 287 g/mol. The smallest absolute Gasteiger partial charge is 0.133 e. The Morgan fingerprint density at radius 2 is 2.38 bits per heavy atom. The lowest BCUT2D eigenvalue weighted by atomic mass is 10.2. The van der Waals surface area contributed by atoms with Gasteiger partial charge in [0.1, 0.15) is 11.9 Å². The predicted molar refractivity (Wildman–Crippen MR) is 65.5 cm³/mol. The van der Waals surface area contributed by atoms with E-state index >= 15 is 0 Å². The molecule has 0 spiro atoms. The Morgan fingerprint density at radius 1 is 1.56 bits per heavy atom. The van der Waals surface area contributed by atoms with Crippen LogP contribution in [0.15, 0.2) is 22.7 Å². The maximum atomic E-state index is 13.0. The molecule has 2 rings (SSSR count). The van der Waals surface area contributed by atoms with Gasteiger partial charge in [0, 0.05) is 19.6 Å². The summed E-state index contributed by atoms with van der Waals surface area (Å²) in [6.45, 7) is 2.20. The molecule has 0 aromatic heterocycles. The van der Waals surface area contributed by atoms with Crippen molar-refractivity contribution in [2.24, 2.45) is 0 Å². The van der Waals surface area contributed by atoms with Gasteiger partial charge in [0.05, 0.1) is 11.6 Å². The fourth-order valence-electron chi connectivity index (χ4n) is 1.99. The Labute approximate surface area is 104 Å². The zero-order chi connectivity index (χ0) is 11.5. The average molecular weight is 288 g/mol. The Balaban J connectivity index is 2.04. The van der Waals surface area contributed by atoms with Crippen LogP contribution in [0, 0.1) is 0 Å². The van der Waals surface area contributed by atoms with Gasteiger partial charge in [-0.2, -0.15) is 0 Å². The van der Waals surface area contributed by atoms with Gasteiger partial charge in [-0.05, 0) is 40.0 Å². The molecule has 0 saturated carbocycles. The van der Waals surface area contributed by atoms with E-state index in [1.807, 2.05) is 18.2 Å². The first-order chi connectivity index (χ1) is 7.69. The second-order valence-corrected chi connectivity index (χ2v) is 4.94. The molecule has 1 saturated heterocycles. The zero-order valence-electron chi connectivity index (χ0n) is 9.25. The summed E-state index contributed by atoms with van der Waals surface area (Å²) in [5, 5.41) is 0. The molecule has 1 heterocycles. The van der Waals surface area contributed by atoms with Gasteiger partial charge >= 0.3 is 0 Å². The van der Waals surface area contributed by atoms with E-state index in [4.69, 9.17) is 4.74 Å². The number of hydrogen-bond donors (Lipinski definition) is 0. The van der Waals surface area contributed by atoms with E-state index in [0.717, 1.165) is 28.9 Å². The van der Waals surface area contributed by atoms with Gasteiger partial charge in [0.25, 0.3) is 0 Å². The molecule has 1 fully saturated rings. The highest BCUT2D eigenvalue weighted by Crippen LogP contribution is 2.26. The third kappa shape index (κ3) is 2.74. The molecular weight excluding hydrogens is 273 g/mol. The number of halogens is 2. The molecule has 1 aliphatic rings. The van der Waals surface area contributed by atoms with Gasteiger partial charge in [-0.3, -0.25) is 4.90 Å². The minimum atomic E-state index is -0.655. The van der Waals surface area contributed by atoms with Gasteiger partial charge in [-0.1, -0.05) is 6.07 Å². The number of nitrogens with zero attached hydrogens (tertiary/aromatic N) is 1. The molecule has 1 aromatic rings. The third-order valence-corrected chi connectivity index (χ3v) is 3.49. The second kappa shape index (κ2) is 5.15. The molecule has 4 heteroatoms. The summed E-state index contributed by atoms with van der Waals surface area (Å²) in [6.07, 6.45) is 0.00514. The van der Waals surface area contributed by atoms with Gasteiger partial charge in [0.15, 0.2) is 0 Å². The molecule has 88 valence electrons. The molecule has 1 aliphatic heterocycles. The van der Waals surface area contributed by atoms with Crippen molar-refractivity contribution in [2.75, 3.05) is 20.2 Å². The van der Waals surface area contributed by atoms with Crippen LogP contribution >= 0.6 is 15.9 Å². The van der Waals surface area contributed by atoms with Crippen molar-refractivity contribution in [3.8, 4) is 5.75 Å².